The van der Waals surface area contributed by atoms with Crippen LogP contribution in [0.1, 0.15) is 144 Å². The van der Waals surface area contributed by atoms with E-state index in [1.165, 1.54) is 39.0 Å². The molecule has 570 valence electrons. The molecule has 8 heterocycles. The average molecular weight is 1640 g/mol. The molecule has 109 heavy (non-hydrogen) atoms. The summed E-state index contributed by atoms with van der Waals surface area (Å²) in [5, 5.41) is 24.3. The lowest BCUT2D eigenvalue weighted by molar-refractivity contribution is -0.166. The number of halogens is 7. The van der Waals surface area contributed by atoms with E-state index in [-0.39, 0.29) is 122 Å². The third kappa shape index (κ3) is 19.3. The van der Waals surface area contributed by atoms with Gasteiger partial charge in [0, 0.05) is 112 Å². The zero-order chi connectivity index (χ0) is 79.7. The van der Waals surface area contributed by atoms with Crippen LogP contribution in [-0.2, 0) is 108 Å². The van der Waals surface area contributed by atoms with Crippen LogP contribution in [0.5, 0.6) is 0 Å². The molecule has 6 aromatic carbocycles. The van der Waals surface area contributed by atoms with Crippen LogP contribution in [0.25, 0.3) is 4.85 Å². The lowest BCUT2D eigenvalue weighted by Crippen LogP contribution is -2.52. The van der Waals surface area contributed by atoms with Crippen molar-refractivity contribution in [3.05, 3.63) is 214 Å². The summed E-state index contributed by atoms with van der Waals surface area (Å²) in [5.74, 6) is -11.4. The standard InChI is InChI=1S/C23H19ClF2N2O4.C15H16N2O5S.C14H11N3O3.C13H11BrN2O3.C8H5ClF2O2.H3NO/c24-16-5-3-15(4-6-16)23(25,26)19(29)9-2-13-1-7-17-14(11-13)12-28(22(17)32)18-8-10-20(30)27-21(18)31;1-23(21,22)8-9-2-3-11-10(6-9)7-17(15(11)20)12-4-5-13(18)16-14(12)19;1-15-9-2-3-10-8(6-9)7-17(14(10)20)11-4-5-12(18)16-13(11)19;14-8-1-2-9-7(5-8)6-16(13(9)19)10-3-4-11(17)15-12(10)18;9-6-3-1-5(2-4-6)8(10,11)7(12)13;1-2/h1,3-7,11,18H,2,8-10,12H2,(H,27,30,31);2-3,6,12H,4-5,7-8H2,1H3,(H,16,18,19);2-3,6,11H,4-5,7H2,(H,16,18,19);1-2,5,10H,3-4,6H2,(H,15,17,18);1-4H,(H,12,13);2H,1H2/i2+2;8+2;1+2;;;. The number of fused-ring (bicyclic) bond motifs is 4. The number of imide groups is 4. The van der Waals surface area contributed by atoms with Gasteiger partial charge in [-0.15, -0.1) is 0 Å². The number of carbonyl (C=O) groups is 14. The first-order valence-corrected chi connectivity index (χ1v) is 36.7. The molecule has 4 fully saturated rings. The molecule has 0 aliphatic carbocycles. The Labute approximate surface area is 636 Å². The van der Waals surface area contributed by atoms with Gasteiger partial charge in [0.15, 0.2) is 15.5 Å². The number of sulfone groups is 1. The van der Waals surface area contributed by atoms with Gasteiger partial charge in [0.05, 0.1) is 12.3 Å². The summed E-state index contributed by atoms with van der Waals surface area (Å²) >= 11 is 14.5. The average Bonchev–Trinajstić information content (AvgIpc) is 1.66. The lowest BCUT2D eigenvalue weighted by Gasteiger charge is -2.29. The number of amides is 12. The number of hydrogen-bond acceptors (Lipinski definition) is 18. The van der Waals surface area contributed by atoms with Gasteiger partial charge in [-0.3, -0.25) is 83.6 Å². The highest BCUT2D eigenvalue weighted by atomic mass is 79.9. The minimum absolute atomic E-state index is 0.0852. The van der Waals surface area contributed by atoms with E-state index in [0.717, 1.165) is 46.1 Å². The Balaban J connectivity index is 0.000000160. The number of hydrogen-bond donors (Lipinski definition) is 7. The van der Waals surface area contributed by atoms with Crippen molar-refractivity contribution >= 4 is 137 Å². The summed E-state index contributed by atoms with van der Waals surface area (Å²) in [5.41, 5.74) is 5.84. The van der Waals surface area contributed by atoms with Crippen LogP contribution in [0.2, 0.25) is 10.0 Å². The number of aliphatic carboxylic acids is 1. The Morgan fingerprint density at radius 2 is 0.835 bits per heavy atom. The van der Waals surface area contributed by atoms with Gasteiger partial charge in [0.1, 0.15) is 24.2 Å². The first-order valence-electron chi connectivity index (χ1n) is 33.1. The molecule has 14 rings (SSSR count). The van der Waals surface area contributed by atoms with Crippen LogP contribution in [0, 0.1) is 6.57 Å². The van der Waals surface area contributed by atoms with E-state index < -0.39 is 86.5 Å². The number of alkyl halides is 4. The topological polar surface area (TPSA) is 405 Å². The maximum Gasteiger partial charge on any atom is 0.379 e. The monoisotopic (exact) mass is 1630 g/mol. The Morgan fingerprint density at radius 3 is 1.18 bits per heavy atom. The van der Waals surface area contributed by atoms with Crippen molar-refractivity contribution in [2.45, 2.75) is 132 Å². The lowest BCUT2D eigenvalue weighted by atomic mass is 10.0. The maximum atomic E-state index is 14.5. The van der Waals surface area contributed by atoms with Crippen molar-refractivity contribution in [1.82, 2.24) is 40.9 Å². The summed E-state index contributed by atoms with van der Waals surface area (Å²) in [7, 11) is -3.16. The second-order valence-corrected chi connectivity index (χ2v) is 29.7. The van der Waals surface area contributed by atoms with E-state index >= 15 is 0 Å². The number of nitrogens with two attached hydrogens (primary N) is 1. The SMILES string of the molecule is CS(=O)(=O)[14CH2]c1ccc2c(c1)CN(C1CCC(=O)NC1=O)C2=O.NO.O=C(O)C(F)(F)c1ccc(Cl)cc1.O=C1CCC(N2Cc3cc(Br)ccc3C2=O)C(=O)N1.O=C1CCC(N2Cc3cc([14CH2]CC(=O)C(F)(F)c4ccc(Cl)cc4)ccc3C2=O)C(=O)N1.[14C-]#[N+]c1ccc2c(c1)CN(C1CCC(=O)NC1=O)C2=O. The minimum Gasteiger partial charge on any atom is -0.477 e. The summed E-state index contributed by atoms with van der Waals surface area (Å²) in [4.78, 5) is 174. The summed E-state index contributed by atoms with van der Waals surface area (Å²) < 4.78 is 78.2. The zero-order valence-corrected chi connectivity index (χ0v) is 61.2. The van der Waals surface area contributed by atoms with Crippen molar-refractivity contribution in [3.63, 3.8) is 0 Å². The summed E-state index contributed by atoms with van der Waals surface area (Å²) in [6.45, 7) is 8.14. The van der Waals surface area contributed by atoms with E-state index in [1.54, 1.807) is 65.6 Å². The number of ketones is 1. The Hall–Kier alpha value is -11.0. The highest BCUT2D eigenvalue weighted by molar-refractivity contribution is 9.10. The number of benzene rings is 6. The van der Waals surface area contributed by atoms with Gasteiger partial charge < -0.3 is 29.9 Å². The van der Waals surface area contributed by atoms with E-state index in [9.17, 15) is 93.1 Å². The van der Waals surface area contributed by atoms with E-state index in [2.05, 4.69) is 47.9 Å². The number of nitrogens with zero attached hydrogens (tertiary/aromatic N) is 5. The van der Waals surface area contributed by atoms with Crippen molar-refractivity contribution in [2.24, 2.45) is 5.90 Å². The molecule has 0 bridgehead atoms. The Morgan fingerprint density at radius 1 is 0.514 bits per heavy atom. The predicted octanol–water partition coefficient (Wildman–Crippen LogP) is 7.45. The Bertz CT molecular complexity index is 4920. The molecule has 36 heteroatoms. The number of carboxylic acid groups (broad SMARTS) is 1. The van der Waals surface area contributed by atoms with Crippen molar-refractivity contribution in [3.8, 4) is 0 Å². The van der Waals surface area contributed by atoms with Crippen LogP contribution in [0.4, 0.5) is 23.2 Å². The fourth-order valence-corrected chi connectivity index (χ4v) is 14.4. The van der Waals surface area contributed by atoms with Crippen LogP contribution in [0.15, 0.2) is 126 Å². The number of rotatable bonds is 13. The smallest absolute Gasteiger partial charge is 0.379 e. The van der Waals surface area contributed by atoms with Crippen molar-refractivity contribution < 1.29 is 103 Å². The molecule has 8 aliphatic heterocycles. The second kappa shape index (κ2) is 34.5. The van der Waals surface area contributed by atoms with Gasteiger partial charge in [-0.1, -0.05) is 106 Å². The van der Waals surface area contributed by atoms with Crippen molar-refractivity contribution in [2.75, 3.05) is 6.26 Å². The number of piperidine rings is 4. The fraction of sp³-hybridized carbons (Fsp3) is 0.301. The van der Waals surface area contributed by atoms with E-state index in [1.807, 2.05) is 12.1 Å². The molecule has 8 aliphatic rings. The highest BCUT2D eigenvalue weighted by Gasteiger charge is 2.45. The van der Waals surface area contributed by atoms with Gasteiger partial charge >= 0.3 is 17.8 Å². The molecule has 4 saturated heterocycles. The molecule has 12 amide bonds. The van der Waals surface area contributed by atoms with Gasteiger partial charge in [0.25, 0.3) is 23.6 Å². The largest absolute Gasteiger partial charge is 0.477 e. The van der Waals surface area contributed by atoms with E-state index in [0.29, 0.717) is 87.6 Å². The van der Waals surface area contributed by atoms with Crippen LogP contribution in [0.3, 0.4) is 0 Å². The molecule has 8 N–H and O–H groups in total. The zero-order valence-electron chi connectivity index (χ0n) is 57.3. The highest BCUT2D eigenvalue weighted by Crippen LogP contribution is 2.36. The van der Waals surface area contributed by atoms with Crippen LogP contribution in [-0.4, -0.2) is 151 Å². The van der Waals surface area contributed by atoms with Gasteiger partial charge in [0.2, 0.25) is 53.0 Å². The van der Waals surface area contributed by atoms with E-state index in [4.69, 9.17) is 40.1 Å². The molecule has 0 aromatic heterocycles. The number of carbonyl (C=O) groups excluding carboxylic acids is 13. The molecular weight excluding hydrogens is 1570 g/mol. The van der Waals surface area contributed by atoms with Gasteiger partial charge in [-0.25, -0.2) is 24.0 Å². The number of Topliss-reactive ketones (excluding diaryl/α,β-unsaturated/α-hetero) is 1. The van der Waals surface area contributed by atoms with Crippen LogP contribution < -0.4 is 27.2 Å². The molecule has 6 aromatic rings. The molecule has 0 radical (unpaired) electrons. The summed E-state index contributed by atoms with van der Waals surface area (Å²) in [6.07, 6.45) is 3.05. The quantitative estimate of drug-likeness (QED) is 0.0255. The van der Waals surface area contributed by atoms with Crippen LogP contribution >= 0.6 is 39.1 Å². The number of nitrogens with one attached hydrogen (secondary N) is 4. The normalized spacial score (nSPS) is 19.2. The second-order valence-electron chi connectivity index (χ2n) is 25.8. The molecule has 4 unspecified atom stereocenters. The first-order chi connectivity index (χ1) is 51.5. The van der Waals surface area contributed by atoms with Gasteiger partial charge in [-0.2, -0.15) is 17.6 Å². The minimum atomic E-state index is -3.86. The maximum absolute atomic E-state index is 14.5. The molecule has 4 atom stereocenters. The Kier molecular flexibility index (Phi) is 26.0. The third-order valence-corrected chi connectivity index (χ3v) is 20.3. The third-order valence-electron chi connectivity index (χ3n) is 18.4. The predicted molar refractivity (Wildman–Crippen MR) is 380 cm³/mol. The summed E-state index contributed by atoms with van der Waals surface area (Å²) in [6, 6.07) is 26.9. The molecule has 0 spiro atoms. The van der Waals surface area contributed by atoms with Crippen molar-refractivity contribution in [1.29, 1.82) is 0 Å². The number of carboxylic acids is 1. The fourth-order valence-electron chi connectivity index (χ4n) is 13.0. The molecular formula is C73H65BrCl2F4N10O18S. The molecule has 0 saturated carbocycles. The number of aryl methyl sites for hydroxylation is 1. The van der Waals surface area contributed by atoms with Gasteiger partial charge in [-0.05, 0) is 120 Å². The molecule has 28 nitrogen and oxygen atoms in total. The first kappa shape index (κ1) is 82.1.